The molecule has 1 N–H and O–H groups in total. The molecule has 0 saturated carbocycles. The fraction of sp³-hybridized carbons (Fsp3) is 0.375. The zero-order valence-corrected chi connectivity index (χ0v) is 14.0. The lowest BCUT2D eigenvalue weighted by Gasteiger charge is -2.31. The highest BCUT2D eigenvalue weighted by Crippen LogP contribution is 2.32. The maximum absolute atomic E-state index is 12.3. The van der Waals surface area contributed by atoms with Gasteiger partial charge < -0.3 is 15.0 Å². The van der Waals surface area contributed by atoms with E-state index in [2.05, 4.69) is 31.1 Å². The molecule has 0 bridgehead atoms. The standard InChI is InChI=1S/C16H18BrN3O2/c1-2-22-16(21)13-10-19-14-4-3-11(17)9-12(14)15(13)20-7-5-18-6-8-20/h3-4,9-10,18H,2,5-8H2,1H3. The van der Waals surface area contributed by atoms with E-state index in [1.54, 1.807) is 6.20 Å². The van der Waals surface area contributed by atoms with Crippen molar-refractivity contribution in [3.8, 4) is 0 Å². The van der Waals surface area contributed by atoms with E-state index in [9.17, 15) is 4.79 Å². The van der Waals surface area contributed by atoms with Gasteiger partial charge in [0.25, 0.3) is 0 Å². The summed E-state index contributed by atoms with van der Waals surface area (Å²) in [5, 5.41) is 4.31. The summed E-state index contributed by atoms with van der Waals surface area (Å²) in [5.41, 5.74) is 2.34. The van der Waals surface area contributed by atoms with Gasteiger partial charge in [-0.25, -0.2) is 4.79 Å². The van der Waals surface area contributed by atoms with Crippen LogP contribution in [0.25, 0.3) is 10.9 Å². The minimum atomic E-state index is -0.314. The summed E-state index contributed by atoms with van der Waals surface area (Å²) < 4.78 is 6.18. The van der Waals surface area contributed by atoms with Gasteiger partial charge in [-0.2, -0.15) is 0 Å². The van der Waals surface area contributed by atoms with Crippen molar-refractivity contribution in [1.82, 2.24) is 10.3 Å². The van der Waals surface area contributed by atoms with Crippen LogP contribution in [0.1, 0.15) is 17.3 Å². The lowest BCUT2D eigenvalue weighted by atomic mass is 10.1. The second-order valence-electron chi connectivity index (χ2n) is 5.14. The number of carbonyl (C=O) groups excluding carboxylic acids is 1. The molecule has 0 aliphatic carbocycles. The number of aromatic nitrogens is 1. The Bertz CT molecular complexity index is 699. The Kier molecular flexibility index (Phi) is 4.59. The Balaban J connectivity index is 2.18. The first-order chi connectivity index (χ1) is 10.7. The number of fused-ring (bicyclic) bond motifs is 1. The van der Waals surface area contributed by atoms with E-state index >= 15 is 0 Å². The van der Waals surface area contributed by atoms with E-state index in [1.165, 1.54) is 0 Å². The highest BCUT2D eigenvalue weighted by atomic mass is 79.9. The average Bonchev–Trinajstić information content (AvgIpc) is 2.54. The molecule has 0 amide bonds. The van der Waals surface area contributed by atoms with E-state index in [1.807, 2.05) is 25.1 Å². The maximum Gasteiger partial charge on any atom is 0.341 e. The molecule has 1 aliphatic heterocycles. The van der Waals surface area contributed by atoms with Crippen LogP contribution in [0.4, 0.5) is 5.69 Å². The van der Waals surface area contributed by atoms with Gasteiger partial charge in [0.15, 0.2) is 0 Å². The Hall–Kier alpha value is -1.66. The Morgan fingerprint density at radius 3 is 2.91 bits per heavy atom. The molecule has 0 radical (unpaired) electrons. The van der Waals surface area contributed by atoms with Crippen molar-refractivity contribution in [3.63, 3.8) is 0 Å². The van der Waals surface area contributed by atoms with Crippen molar-refractivity contribution in [1.29, 1.82) is 0 Å². The second-order valence-corrected chi connectivity index (χ2v) is 6.06. The fourth-order valence-corrected chi connectivity index (χ4v) is 3.10. The Morgan fingerprint density at radius 2 is 2.18 bits per heavy atom. The smallest absolute Gasteiger partial charge is 0.341 e. The first-order valence-electron chi connectivity index (χ1n) is 7.41. The van der Waals surface area contributed by atoms with Crippen LogP contribution in [0.2, 0.25) is 0 Å². The van der Waals surface area contributed by atoms with Crippen LogP contribution in [0, 0.1) is 0 Å². The van der Waals surface area contributed by atoms with Crippen molar-refractivity contribution < 1.29 is 9.53 Å². The third-order valence-corrected chi connectivity index (χ3v) is 4.22. The van der Waals surface area contributed by atoms with E-state index in [4.69, 9.17) is 4.74 Å². The van der Waals surface area contributed by atoms with Crippen molar-refractivity contribution >= 4 is 38.5 Å². The number of hydrogen-bond donors (Lipinski definition) is 1. The largest absolute Gasteiger partial charge is 0.462 e. The van der Waals surface area contributed by atoms with Crippen LogP contribution >= 0.6 is 15.9 Å². The van der Waals surface area contributed by atoms with Crippen molar-refractivity contribution in [2.24, 2.45) is 0 Å². The number of nitrogens with zero attached hydrogens (tertiary/aromatic N) is 2. The van der Waals surface area contributed by atoms with Crippen LogP contribution in [0.5, 0.6) is 0 Å². The van der Waals surface area contributed by atoms with Gasteiger partial charge in [0.1, 0.15) is 5.56 Å². The zero-order valence-electron chi connectivity index (χ0n) is 12.4. The van der Waals surface area contributed by atoms with Crippen LogP contribution < -0.4 is 10.2 Å². The minimum Gasteiger partial charge on any atom is -0.462 e. The summed E-state index contributed by atoms with van der Waals surface area (Å²) in [5.74, 6) is -0.314. The molecule has 2 heterocycles. The number of carbonyl (C=O) groups is 1. The highest BCUT2D eigenvalue weighted by molar-refractivity contribution is 9.10. The molecule has 3 rings (SSSR count). The molecule has 116 valence electrons. The van der Waals surface area contributed by atoms with Gasteiger partial charge in [-0.15, -0.1) is 0 Å². The topological polar surface area (TPSA) is 54.5 Å². The van der Waals surface area contributed by atoms with E-state index in [0.717, 1.165) is 47.2 Å². The molecular weight excluding hydrogens is 346 g/mol. The number of esters is 1. The number of hydrogen-bond acceptors (Lipinski definition) is 5. The molecule has 1 saturated heterocycles. The van der Waals surface area contributed by atoms with Gasteiger partial charge in [-0.3, -0.25) is 4.98 Å². The first kappa shape index (κ1) is 15.2. The van der Waals surface area contributed by atoms with Crippen LogP contribution in [-0.2, 0) is 4.74 Å². The summed E-state index contributed by atoms with van der Waals surface area (Å²) in [6.07, 6.45) is 1.63. The highest BCUT2D eigenvalue weighted by Gasteiger charge is 2.22. The Morgan fingerprint density at radius 1 is 1.41 bits per heavy atom. The number of benzene rings is 1. The van der Waals surface area contributed by atoms with Crippen molar-refractivity contribution in [2.75, 3.05) is 37.7 Å². The van der Waals surface area contributed by atoms with Gasteiger partial charge in [-0.1, -0.05) is 15.9 Å². The van der Waals surface area contributed by atoms with Crippen molar-refractivity contribution in [3.05, 3.63) is 34.4 Å². The van der Waals surface area contributed by atoms with E-state index in [0.29, 0.717) is 12.2 Å². The molecule has 0 spiro atoms. The molecule has 0 unspecified atom stereocenters. The van der Waals surface area contributed by atoms with Gasteiger partial charge in [-0.05, 0) is 25.1 Å². The van der Waals surface area contributed by atoms with Crippen molar-refractivity contribution in [2.45, 2.75) is 6.92 Å². The fourth-order valence-electron chi connectivity index (χ4n) is 2.74. The van der Waals surface area contributed by atoms with Crippen LogP contribution in [0.3, 0.4) is 0 Å². The maximum atomic E-state index is 12.3. The molecule has 1 aromatic carbocycles. The molecule has 0 atom stereocenters. The molecule has 1 fully saturated rings. The summed E-state index contributed by atoms with van der Waals surface area (Å²) >= 11 is 3.51. The monoisotopic (exact) mass is 363 g/mol. The zero-order chi connectivity index (χ0) is 15.5. The summed E-state index contributed by atoms with van der Waals surface area (Å²) in [6, 6.07) is 5.93. The SMILES string of the molecule is CCOC(=O)c1cnc2ccc(Br)cc2c1N1CCNCC1. The number of rotatable bonds is 3. The number of piperazine rings is 1. The number of ether oxygens (including phenoxy) is 1. The van der Waals surface area contributed by atoms with Crippen LogP contribution in [0.15, 0.2) is 28.9 Å². The predicted molar refractivity (Wildman–Crippen MR) is 90.5 cm³/mol. The van der Waals surface area contributed by atoms with E-state index in [-0.39, 0.29) is 5.97 Å². The molecule has 2 aromatic rings. The number of nitrogens with one attached hydrogen (secondary N) is 1. The quantitative estimate of drug-likeness (QED) is 0.849. The predicted octanol–water partition coefficient (Wildman–Crippen LogP) is 2.58. The summed E-state index contributed by atoms with van der Waals surface area (Å²) in [7, 11) is 0. The number of anilines is 1. The summed E-state index contributed by atoms with van der Waals surface area (Å²) in [6.45, 7) is 5.69. The molecule has 1 aromatic heterocycles. The molecular formula is C16H18BrN3O2. The van der Waals surface area contributed by atoms with Gasteiger partial charge in [0.2, 0.25) is 0 Å². The third-order valence-electron chi connectivity index (χ3n) is 3.73. The van der Waals surface area contributed by atoms with Gasteiger partial charge in [0.05, 0.1) is 17.8 Å². The second kappa shape index (κ2) is 6.62. The van der Waals surface area contributed by atoms with Gasteiger partial charge >= 0.3 is 5.97 Å². The van der Waals surface area contributed by atoms with Crippen LogP contribution in [-0.4, -0.2) is 43.7 Å². The molecule has 22 heavy (non-hydrogen) atoms. The molecule has 6 heteroatoms. The molecule has 1 aliphatic rings. The summed E-state index contributed by atoms with van der Waals surface area (Å²) in [4.78, 5) is 19.0. The van der Waals surface area contributed by atoms with E-state index < -0.39 is 0 Å². The Labute approximate surface area is 137 Å². The third kappa shape index (κ3) is 2.94. The first-order valence-corrected chi connectivity index (χ1v) is 8.21. The van der Waals surface area contributed by atoms with Gasteiger partial charge in [0, 0.05) is 42.2 Å². The lowest BCUT2D eigenvalue weighted by molar-refractivity contribution is 0.0527. The number of halogens is 1. The minimum absolute atomic E-state index is 0.314. The normalized spacial score (nSPS) is 15.1. The molecule has 5 nitrogen and oxygen atoms in total. The lowest BCUT2D eigenvalue weighted by Crippen LogP contribution is -2.44. The average molecular weight is 364 g/mol. The number of pyridine rings is 1.